The number of methoxy groups -OCH3 is 1. The van der Waals surface area contributed by atoms with Crippen molar-refractivity contribution in [2.45, 2.75) is 26.4 Å². The molecule has 8 nitrogen and oxygen atoms in total. The number of halogens is 1. The van der Waals surface area contributed by atoms with E-state index in [1.807, 2.05) is 13.8 Å². The summed E-state index contributed by atoms with van der Waals surface area (Å²) in [6.45, 7) is 3.88. The van der Waals surface area contributed by atoms with Crippen molar-refractivity contribution in [3.05, 3.63) is 63.7 Å². The van der Waals surface area contributed by atoms with Crippen LogP contribution in [0.1, 0.15) is 35.8 Å². The number of aliphatic hydroxyl groups is 1. The normalized spacial score (nSPS) is 12.2. The molecule has 1 unspecified atom stereocenters. The number of nitrogens with zero attached hydrogens (tertiary/aromatic N) is 3. The van der Waals surface area contributed by atoms with Crippen LogP contribution in [0, 0.1) is 11.7 Å². The van der Waals surface area contributed by atoms with Gasteiger partial charge in [0.2, 0.25) is 11.3 Å². The van der Waals surface area contributed by atoms with Gasteiger partial charge >= 0.3 is 5.97 Å². The third-order valence-corrected chi connectivity index (χ3v) is 5.43. The first-order valence-corrected chi connectivity index (χ1v) is 10.1. The van der Waals surface area contributed by atoms with E-state index in [-0.39, 0.29) is 35.3 Å². The van der Waals surface area contributed by atoms with Crippen molar-refractivity contribution >= 4 is 22.7 Å². The van der Waals surface area contributed by atoms with Crippen LogP contribution in [0.5, 0.6) is 5.88 Å². The first-order chi connectivity index (χ1) is 15.2. The molecule has 0 aliphatic rings. The summed E-state index contributed by atoms with van der Waals surface area (Å²) >= 11 is 0. The minimum absolute atomic E-state index is 0.0547. The number of benzene rings is 1. The number of aromatic nitrogens is 2. The quantitative estimate of drug-likeness (QED) is 0.551. The van der Waals surface area contributed by atoms with Gasteiger partial charge in [0.05, 0.1) is 25.1 Å². The minimum atomic E-state index is -1.36. The molecule has 1 atom stereocenters. The Kier molecular flexibility index (Phi) is 6.78. The number of carboxylic acid groups (broad SMARTS) is 1. The molecule has 2 N–H and O–H groups in total. The number of hydrogen-bond donors (Lipinski definition) is 2. The number of fused-ring (bicyclic) bond motifs is 1. The fourth-order valence-corrected chi connectivity index (χ4v) is 3.64. The second kappa shape index (κ2) is 9.35. The average molecular weight is 443 g/mol. The van der Waals surface area contributed by atoms with Gasteiger partial charge in [0, 0.05) is 19.8 Å². The average Bonchev–Trinajstić information content (AvgIpc) is 2.76. The van der Waals surface area contributed by atoms with E-state index in [1.165, 1.54) is 30.0 Å². The molecular weight excluding hydrogens is 417 g/mol. The van der Waals surface area contributed by atoms with E-state index in [1.54, 1.807) is 30.1 Å². The Bertz CT molecular complexity index is 1190. The predicted molar refractivity (Wildman–Crippen MR) is 119 cm³/mol. The number of carboxylic acids is 1. The third-order valence-electron chi connectivity index (χ3n) is 5.43. The van der Waals surface area contributed by atoms with Crippen LogP contribution in [0.2, 0.25) is 0 Å². The number of pyridine rings is 2. The van der Waals surface area contributed by atoms with E-state index in [4.69, 9.17) is 4.74 Å². The minimum Gasteiger partial charge on any atom is -0.479 e. The van der Waals surface area contributed by atoms with Crippen molar-refractivity contribution in [2.24, 2.45) is 5.92 Å². The second-order valence-electron chi connectivity index (χ2n) is 7.95. The predicted octanol–water partition coefficient (Wildman–Crippen LogP) is 3.07. The van der Waals surface area contributed by atoms with Gasteiger partial charge in [-0.3, -0.25) is 4.79 Å². The molecule has 9 heteroatoms. The molecule has 0 saturated heterocycles. The number of aromatic carboxylic acids is 1. The topological polar surface area (TPSA) is 105 Å². The van der Waals surface area contributed by atoms with Crippen LogP contribution in [0.25, 0.3) is 11.0 Å². The van der Waals surface area contributed by atoms with E-state index < -0.39 is 23.0 Å². The number of ether oxygens (including phenoxy) is 1. The van der Waals surface area contributed by atoms with Gasteiger partial charge in [0.25, 0.3) is 0 Å². The van der Waals surface area contributed by atoms with Gasteiger partial charge < -0.3 is 24.4 Å². The molecule has 3 rings (SSSR count). The largest absolute Gasteiger partial charge is 0.479 e. The van der Waals surface area contributed by atoms with Crippen LogP contribution in [0.4, 0.5) is 10.1 Å². The summed E-state index contributed by atoms with van der Waals surface area (Å²) in [7, 11) is 3.21. The summed E-state index contributed by atoms with van der Waals surface area (Å²) < 4.78 is 20.2. The Labute approximate surface area is 184 Å². The summed E-state index contributed by atoms with van der Waals surface area (Å²) in [5.41, 5.74) is 0.448. The fourth-order valence-electron chi connectivity index (χ4n) is 3.64. The molecule has 0 amide bonds. The van der Waals surface area contributed by atoms with Crippen molar-refractivity contribution < 1.29 is 24.1 Å². The Hall–Kier alpha value is -3.46. The molecule has 170 valence electrons. The molecule has 0 aliphatic heterocycles. The van der Waals surface area contributed by atoms with Gasteiger partial charge in [-0.1, -0.05) is 26.0 Å². The van der Waals surface area contributed by atoms with Crippen LogP contribution < -0.4 is 15.1 Å². The van der Waals surface area contributed by atoms with Crippen LogP contribution in [-0.2, 0) is 6.54 Å². The fraction of sp³-hybridized carbons (Fsp3) is 0.348. The Balaban J connectivity index is 2.23. The molecule has 0 bridgehead atoms. The van der Waals surface area contributed by atoms with E-state index in [9.17, 15) is 24.2 Å². The lowest BCUT2D eigenvalue weighted by Gasteiger charge is -2.26. The van der Waals surface area contributed by atoms with Gasteiger partial charge in [-0.05, 0) is 29.7 Å². The molecule has 0 fully saturated rings. The highest BCUT2D eigenvalue weighted by molar-refractivity contribution is 5.93. The van der Waals surface area contributed by atoms with Gasteiger partial charge in [0.1, 0.15) is 22.7 Å². The number of aliphatic hydroxyl groups excluding tert-OH is 1. The number of anilines is 1. The standard InChI is InChI=1S/C23H26FN3O5/c1-13(2)19(12-28)27-11-17(23(30)31)20(29)16-9-18(22(32-4)25-21(16)27)26(3)10-14-5-7-15(24)8-6-14/h5-9,11,13,19,28H,10,12H2,1-4H3,(H,30,31). The van der Waals surface area contributed by atoms with Crippen LogP contribution in [-0.4, -0.2) is 46.5 Å². The first kappa shape index (κ1) is 23.2. The van der Waals surface area contributed by atoms with E-state index in [0.717, 1.165) is 5.56 Å². The summed E-state index contributed by atoms with van der Waals surface area (Å²) in [4.78, 5) is 31.0. The lowest BCUT2D eigenvalue weighted by Crippen LogP contribution is -2.26. The van der Waals surface area contributed by atoms with Crippen LogP contribution in [0.15, 0.2) is 41.3 Å². The summed E-state index contributed by atoms with van der Waals surface area (Å²) in [6.07, 6.45) is 1.22. The molecule has 0 radical (unpaired) electrons. The zero-order chi connectivity index (χ0) is 23.6. The van der Waals surface area contributed by atoms with Gasteiger partial charge in [0.15, 0.2) is 0 Å². The van der Waals surface area contributed by atoms with Crippen molar-refractivity contribution in [1.82, 2.24) is 9.55 Å². The molecule has 0 saturated carbocycles. The van der Waals surface area contributed by atoms with Gasteiger partial charge in [-0.15, -0.1) is 0 Å². The Morgan fingerprint density at radius 1 is 1.28 bits per heavy atom. The Morgan fingerprint density at radius 2 is 1.94 bits per heavy atom. The van der Waals surface area contributed by atoms with Crippen LogP contribution >= 0.6 is 0 Å². The van der Waals surface area contributed by atoms with Gasteiger partial charge in [-0.25, -0.2) is 9.18 Å². The maximum atomic E-state index is 13.2. The molecule has 3 aromatic rings. The summed E-state index contributed by atoms with van der Waals surface area (Å²) in [6, 6.07) is 7.07. The SMILES string of the molecule is COc1nc2c(cc1N(C)Cc1ccc(F)cc1)c(=O)c(C(=O)O)cn2C(CO)C(C)C. The molecule has 2 aromatic heterocycles. The van der Waals surface area contributed by atoms with Crippen molar-refractivity contribution in [3.63, 3.8) is 0 Å². The van der Waals surface area contributed by atoms with E-state index in [2.05, 4.69) is 4.98 Å². The molecule has 0 aliphatic carbocycles. The molecule has 0 spiro atoms. The number of carbonyl (C=O) groups is 1. The van der Waals surface area contributed by atoms with Crippen molar-refractivity contribution in [3.8, 4) is 5.88 Å². The van der Waals surface area contributed by atoms with Gasteiger partial charge in [-0.2, -0.15) is 4.98 Å². The monoisotopic (exact) mass is 443 g/mol. The zero-order valence-electron chi connectivity index (χ0n) is 18.4. The second-order valence-corrected chi connectivity index (χ2v) is 7.95. The number of rotatable bonds is 8. The lowest BCUT2D eigenvalue weighted by molar-refractivity contribution is 0.0694. The molecule has 1 aromatic carbocycles. The molecule has 2 heterocycles. The van der Waals surface area contributed by atoms with Crippen LogP contribution in [0.3, 0.4) is 0 Å². The molecule has 32 heavy (non-hydrogen) atoms. The zero-order valence-corrected chi connectivity index (χ0v) is 18.4. The maximum absolute atomic E-state index is 13.2. The first-order valence-electron chi connectivity index (χ1n) is 10.1. The van der Waals surface area contributed by atoms with Crippen molar-refractivity contribution in [1.29, 1.82) is 0 Å². The summed E-state index contributed by atoms with van der Waals surface area (Å²) in [5.74, 6) is -1.52. The smallest absolute Gasteiger partial charge is 0.341 e. The maximum Gasteiger partial charge on any atom is 0.341 e. The number of hydrogen-bond acceptors (Lipinski definition) is 6. The highest BCUT2D eigenvalue weighted by atomic mass is 19.1. The van der Waals surface area contributed by atoms with Crippen molar-refractivity contribution in [2.75, 3.05) is 25.7 Å². The molecular formula is C23H26FN3O5. The van der Waals surface area contributed by atoms with E-state index >= 15 is 0 Å². The highest BCUT2D eigenvalue weighted by Crippen LogP contribution is 2.31. The Morgan fingerprint density at radius 3 is 2.47 bits per heavy atom. The van der Waals surface area contributed by atoms with E-state index in [0.29, 0.717) is 12.2 Å². The highest BCUT2D eigenvalue weighted by Gasteiger charge is 2.24. The lowest BCUT2D eigenvalue weighted by atomic mass is 10.0. The third kappa shape index (κ3) is 4.43. The summed E-state index contributed by atoms with van der Waals surface area (Å²) in [5, 5.41) is 19.6.